The monoisotopic (exact) mass is 358 g/mol. The lowest BCUT2D eigenvalue weighted by molar-refractivity contribution is -0.122. The van der Waals surface area contributed by atoms with E-state index in [2.05, 4.69) is 15.5 Å². The highest BCUT2D eigenvalue weighted by Gasteiger charge is 2.29. The number of hydrogen-bond acceptors (Lipinski definition) is 4. The Balaban J connectivity index is 1.40. The van der Waals surface area contributed by atoms with E-state index in [-0.39, 0.29) is 11.9 Å². The molecule has 0 saturated carbocycles. The van der Waals surface area contributed by atoms with Crippen LogP contribution in [0.3, 0.4) is 0 Å². The third kappa shape index (κ3) is 3.49. The van der Waals surface area contributed by atoms with Gasteiger partial charge in [0.1, 0.15) is 5.75 Å². The molecule has 7 heteroatoms. The van der Waals surface area contributed by atoms with Crippen LogP contribution < -0.4 is 15.4 Å². The van der Waals surface area contributed by atoms with E-state index in [0.29, 0.717) is 23.2 Å². The minimum Gasteiger partial charge on any atom is -0.479 e. The highest BCUT2D eigenvalue weighted by atomic mass is 16.5. The van der Waals surface area contributed by atoms with Gasteiger partial charge in [0.2, 0.25) is 0 Å². The van der Waals surface area contributed by atoms with Crippen LogP contribution in [-0.4, -0.2) is 60.1 Å². The van der Waals surface area contributed by atoms with Crippen LogP contribution in [0.2, 0.25) is 0 Å². The average Bonchev–Trinajstić information content (AvgIpc) is 3.18. The van der Waals surface area contributed by atoms with Crippen molar-refractivity contribution in [1.29, 1.82) is 0 Å². The van der Waals surface area contributed by atoms with Crippen LogP contribution in [0.15, 0.2) is 18.2 Å². The molecule has 0 aromatic heterocycles. The quantitative estimate of drug-likeness (QED) is 0.852. The molecule has 140 valence electrons. The largest absolute Gasteiger partial charge is 0.479 e. The minimum atomic E-state index is -0.501. The molecule has 0 aliphatic carbocycles. The number of urea groups is 1. The van der Waals surface area contributed by atoms with Gasteiger partial charge in [-0.25, -0.2) is 4.79 Å². The molecule has 1 aromatic rings. The molecule has 3 aliphatic rings. The van der Waals surface area contributed by atoms with Crippen LogP contribution in [0, 0.1) is 0 Å². The number of likely N-dealkylation sites (tertiary alicyclic amines) is 2. The lowest BCUT2D eigenvalue weighted by Crippen LogP contribution is -2.50. The fourth-order valence-electron chi connectivity index (χ4n) is 4.03. The second-order valence-corrected chi connectivity index (χ2v) is 7.38. The van der Waals surface area contributed by atoms with Gasteiger partial charge >= 0.3 is 6.03 Å². The number of benzene rings is 1. The number of carbonyl (C=O) groups excluding carboxylic acids is 2. The van der Waals surface area contributed by atoms with Crippen LogP contribution in [-0.2, 0) is 4.79 Å². The first-order valence-corrected chi connectivity index (χ1v) is 9.52. The zero-order chi connectivity index (χ0) is 18.1. The molecule has 0 radical (unpaired) electrons. The van der Waals surface area contributed by atoms with Gasteiger partial charge in [0.25, 0.3) is 5.91 Å². The van der Waals surface area contributed by atoms with Crippen LogP contribution in [0.1, 0.15) is 32.6 Å². The summed E-state index contributed by atoms with van der Waals surface area (Å²) in [5, 5.41) is 5.77. The Kier molecular flexibility index (Phi) is 4.72. The zero-order valence-corrected chi connectivity index (χ0v) is 15.2. The van der Waals surface area contributed by atoms with E-state index in [0.717, 1.165) is 32.6 Å². The van der Waals surface area contributed by atoms with Crippen molar-refractivity contribution in [1.82, 2.24) is 9.80 Å². The Bertz CT molecular complexity index is 702. The number of ether oxygens (including phenoxy) is 1. The number of carbonyl (C=O) groups is 2. The number of rotatable bonds is 2. The Labute approximate surface area is 153 Å². The SMILES string of the molecule is CC1Oc2ccc(NC(=O)N3CCCC(N4CCCC4)C3)cc2NC1=O. The molecule has 2 unspecified atom stereocenters. The van der Waals surface area contributed by atoms with Crippen LogP contribution in [0.5, 0.6) is 5.75 Å². The second-order valence-electron chi connectivity index (χ2n) is 7.38. The molecule has 7 nitrogen and oxygen atoms in total. The zero-order valence-electron chi connectivity index (χ0n) is 15.2. The maximum atomic E-state index is 12.7. The number of piperidine rings is 1. The van der Waals surface area contributed by atoms with Gasteiger partial charge < -0.3 is 20.3 Å². The van der Waals surface area contributed by atoms with E-state index in [1.165, 1.54) is 19.3 Å². The number of nitrogens with zero attached hydrogens (tertiary/aromatic N) is 2. The van der Waals surface area contributed by atoms with E-state index < -0.39 is 6.10 Å². The van der Waals surface area contributed by atoms with Crippen molar-refractivity contribution in [2.45, 2.75) is 44.8 Å². The maximum Gasteiger partial charge on any atom is 0.321 e. The van der Waals surface area contributed by atoms with Gasteiger partial charge in [-0.3, -0.25) is 9.69 Å². The molecule has 3 aliphatic heterocycles. The third-order valence-corrected chi connectivity index (χ3v) is 5.50. The van der Waals surface area contributed by atoms with E-state index in [4.69, 9.17) is 4.74 Å². The Morgan fingerprint density at radius 2 is 2.04 bits per heavy atom. The van der Waals surface area contributed by atoms with Gasteiger partial charge in [0.05, 0.1) is 5.69 Å². The summed E-state index contributed by atoms with van der Waals surface area (Å²) in [4.78, 5) is 28.9. The van der Waals surface area contributed by atoms with E-state index in [1.807, 2.05) is 11.0 Å². The van der Waals surface area contributed by atoms with Crippen molar-refractivity contribution in [3.05, 3.63) is 18.2 Å². The molecule has 1 aromatic carbocycles. The predicted octanol–water partition coefficient (Wildman–Crippen LogP) is 2.50. The lowest BCUT2D eigenvalue weighted by Gasteiger charge is -2.37. The smallest absolute Gasteiger partial charge is 0.321 e. The van der Waals surface area contributed by atoms with Crippen molar-refractivity contribution in [2.75, 3.05) is 36.8 Å². The number of anilines is 2. The first-order valence-electron chi connectivity index (χ1n) is 9.52. The molecule has 2 N–H and O–H groups in total. The topological polar surface area (TPSA) is 73.9 Å². The molecule has 0 bridgehead atoms. The molecule has 2 fully saturated rings. The number of hydrogen-bond donors (Lipinski definition) is 2. The molecular weight excluding hydrogens is 332 g/mol. The Morgan fingerprint density at radius 3 is 2.85 bits per heavy atom. The Morgan fingerprint density at radius 1 is 1.23 bits per heavy atom. The maximum absolute atomic E-state index is 12.7. The normalized spacial score (nSPS) is 26.0. The standard InChI is InChI=1S/C19H26N4O3/c1-13-18(24)21-16-11-14(6-7-17(16)26-13)20-19(25)23-10-4-5-15(12-23)22-8-2-3-9-22/h6-7,11,13,15H,2-5,8-10,12H2,1H3,(H,20,25)(H,21,24). The first kappa shape index (κ1) is 17.1. The molecule has 4 rings (SSSR count). The molecule has 0 spiro atoms. The van der Waals surface area contributed by atoms with Gasteiger partial charge in [-0.15, -0.1) is 0 Å². The highest BCUT2D eigenvalue weighted by Crippen LogP contribution is 2.32. The van der Waals surface area contributed by atoms with Crippen molar-refractivity contribution >= 4 is 23.3 Å². The first-order chi connectivity index (χ1) is 12.6. The molecular formula is C19H26N4O3. The fraction of sp³-hybridized carbons (Fsp3) is 0.579. The summed E-state index contributed by atoms with van der Waals surface area (Å²) in [6, 6.07) is 5.74. The summed E-state index contributed by atoms with van der Waals surface area (Å²) in [5.74, 6) is 0.452. The lowest BCUT2D eigenvalue weighted by atomic mass is 10.0. The van der Waals surface area contributed by atoms with Crippen LogP contribution >= 0.6 is 0 Å². The van der Waals surface area contributed by atoms with Crippen molar-refractivity contribution in [3.8, 4) is 5.75 Å². The molecule has 2 atom stereocenters. The van der Waals surface area contributed by atoms with Gasteiger partial charge in [0.15, 0.2) is 6.10 Å². The van der Waals surface area contributed by atoms with E-state index in [9.17, 15) is 9.59 Å². The van der Waals surface area contributed by atoms with Gasteiger partial charge in [0, 0.05) is 24.8 Å². The minimum absolute atomic E-state index is 0.0785. The highest BCUT2D eigenvalue weighted by molar-refractivity contribution is 5.99. The molecule has 3 amide bonds. The van der Waals surface area contributed by atoms with Gasteiger partial charge in [-0.05, 0) is 63.9 Å². The molecule has 2 saturated heterocycles. The number of nitrogens with one attached hydrogen (secondary N) is 2. The summed E-state index contributed by atoms with van der Waals surface area (Å²) in [6.45, 7) is 5.60. The summed E-state index contributed by atoms with van der Waals surface area (Å²) in [6.07, 6.45) is 4.25. The number of amides is 3. The second kappa shape index (κ2) is 7.15. The summed E-state index contributed by atoms with van der Waals surface area (Å²) in [7, 11) is 0. The van der Waals surface area contributed by atoms with Gasteiger partial charge in [-0.1, -0.05) is 0 Å². The van der Waals surface area contributed by atoms with Crippen LogP contribution in [0.25, 0.3) is 0 Å². The Hall–Kier alpha value is -2.28. The average molecular weight is 358 g/mol. The van der Waals surface area contributed by atoms with Crippen LogP contribution in [0.4, 0.5) is 16.2 Å². The van der Waals surface area contributed by atoms with Crippen molar-refractivity contribution in [2.24, 2.45) is 0 Å². The van der Waals surface area contributed by atoms with E-state index in [1.54, 1.807) is 19.1 Å². The molecule has 3 heterocycles. The summed E-state index contributed by atoms with van der Waals surface area (Å²) >= 11 is 0. The number of fused-ring (bicyclic) bond motifs is 1. The van der Waals surface area contributed by atoms with Crippen molar-refractivity contribution < 1.29 is 14.3 Å². The predicted molar refractivity (Wildman–Crippen MR) is 99.6 cm³/mol. The summed E-state index contributed by atoms with van der Waals surface area (Å²) < 4.78 is 5.55. The van der Waals surface area contributed by atoms with Gasteiger partial charge in [-0.2, -0.15) is 0 Å². The van der Waals surface area contributed by atoms with E-state index >= 15 is 0 Å². The van der Waals surface area contributed by atoms with Crippen molar-refractivity contribution in [3.63, 3.8) is 0 Å². The fourth-order valence-corrected chi connectivity index (χ4v) is 4.03. The third-order valence-electron chi connectivity index (χ3n) is 5.50. The summed E-state index contributed by atoms with van der Waals surface area (Å²) in [5.41, 5.74) is 1.26. The molecule has 26 heavy (non-hydrogen) atoms.